The van der Waals surface area contributed by atoms with E-state index in [0.717, 1.165) is 30.0 Å². The minimum Gasteiger partial charge on any atom is -0.492 e. The maximum atomic E-state index is 9.41. The van der Waals surface area contributed by atoms with Crippen LogP contribution in [0.4, 0.5) is 0 Å². The SMILES string of the molecule is CC(C)Oc1ccc(-c2nc(-c3ccc4c(c3)CNCCO4)no2)cc1C#N.Cl. The Balaban J connectivity index is 0.00000240. The highest BCUT2D eigenvalue weighted by molar-refractivity contribution is 5.85. The number of hydrogen-bond acceptors (Lipinski definition) is 7. The van der Waals surface area contributed by atoms with Crippen LogP contribution >= 0.6 is 12.4 Å². The molecular formula is C21H21ClN4O3. The van der Waals surface area contributed by atoms with Gasteiger partial charge in [-0.1, -0.05) is 5.16 Å². The molecule has 29 heavy (non-hydrogen) atoms. The van der Waals surface area contributed by atoms with E-state index in [4.69, 9.17) is 14.0 Å². The Morgan fingerprint density at radius 1 is 1.17 bits per heavy atom. The number of nitriles is 1. The summed E-state index contributed by atoms with van der Waals surface area (Å²) in [5.41, 5.74) is 3.01. The predicted molar refractivity (Wildman–Crippen MR) is 110 cm³/mol. The molecule has 0 radical (unpaired) electrons. The van der Waals surface area contributed by atoms with E-state index in [1.54, 1.807) is 12.1 Å². The van der Waals surface area contributed by atoms with Crippen molar-refractivity contribution in [3.05, 3.63) is 47.5 Å². The normalized spacial score (nSPS) is 12.9. The van der Waals surface area contributed by atoms with E-state index < -0.39 is 0 Å². The molecule has 1 aromatic heterocycles. The van der Waals surface area contributed by atoms with Gasteiger partial charge in [-0.25, -0.2) is 0 Å². The van der Waals surface area contributed by atoms with Gasteiger partial charge in [-0.15, -0.1) is 12.4 Å². The number of nitrogens with one attached hydrogen (secondary N) is 1. The van der Waals surface area contributed by atoms with Gasteiger partial charge in [-0.05, 0) is 50.2 Å². The number of benzene rings is 2. The molecule has 7 nitrogen and oxygen atoms in total. The number of aromatic nitrogens is 2. The molecule has 0 aliphatic carbocycles. The van der Waals surface area contributed by atoms with Crippen LogP contribution in [0.3, 0.4) is 0 Å². The Kier molecular flexibility index (Phi) is 6.37. The summed E-state index contributed by atoms with van der Waals surface area (Å²) < 4.78 is 16.8. The van der Waals surface area contributed by atoms with Gasteiger partial charge in [0.1, 0.15) is 24.2 Å². The van der Waals surface area contributed by atoms with E-state index >= 15 is 0 Å². The van der Waals surface area contributed by atoms with Crippen molar-refractivity contribution in [3.8, 4) is 40.4 Å². The lowest BCUT2D eigenvalue weighted by Crippen LogP contribution is -2.16. The summed E-state index contributed by atoms with van der Waals surface area (Å²) in [5, 5.41) is 16.8. The number of nitrogens with zero attached hydrogens (tertiary/aromatic N) is 3. The summed E-state index contributed by atoms with van der Waals surface area (Å²) in [6.45, 7) is 6.03. The van der Waals surface area contributed by atoms with E-state index in [1.165, 1.54) is 0 Å². The molecular weight excluding hydrogens is 392 g/mol. The molecule has 0 atom stereocenters. The largest absolute Gasteiger partial charge is 0.492 e. The zero-order valence-electron chi connectivity index (χ0n) is 16.1. The third-order valence-electron chi connectivity index (χ3n) is 4.31. The first-order chi connectivity index (χ1) is 13.6. The summed E-state index contributed by atoms with van der Waals surface area (Å²) in [5.74, 6) is 2.26. The van der Waals surface area contributed by atoms with E-state index in [9.17, 15) is 5.26 Å². The van der Waals surface area contributed by atoms with Crippen LogP contribution in [0, 0.1) is 11.3 Å². The lowest BCUT2D eigenvalue weighted by atomic mass is 10.1. The van der Waals surface area contributed by atoms with Gasteiger partial charge in [0.05, 0.1) is 11.7 Å². The predicted octanol–water partition coefficient (Wildman–Crippen LogP) is 3.97. The second-order valence-corrected chi connectivity index (χ2v) is 6.76. The van der Waals surface area contributed by atoms with Crippen molar-refractivity contribution in [3.63, 3.8) is 0 Å². The van der Waals surface area contributed by atoms with Crippen LogP contribution in [0.15, 0.2) is 40.9 Å². The van der Waals surface area contributed by atoms with Crippen LogP contribution < -0.4 is 14.8 Å². The second kappa shape index (κ2) is 8.95. The van der Waals surface area contributed by atoms with Crippen LogP contribution in [0.5, 0.6) is 11.5 Å². The molecule has 3 aromatic rings. The number of ether oxygens (including phenoxy) is 2. The van der Waals surface area contributed by atoms with Gasteiger partial charge in [0.15, 0.2) is 0 Å². The van der Waals surface area contributed by atoms with Crippen molar-refractivity contribution < 1.29 is 14.0 Å². The van der Waals surface area contributed by atoms with E-state index in [0.29, 0.717) is 35.2 Å². The molecule has 0 amide bonds. The number of fused-ring (bicyclic) bond motifs is 1. The molecule has 150 valence electrons. The minimum absolute atomic E-state index is 0. The molecule has 4 rings (SSSR count). The highest BCUT2D eigenvalue weighted by Gasteiger charge is 2.16. The first kappa shape index (κ1) is 20.6. The molecule has 2 heterocycles. The fourth-order valence-corrected chi connectivity index (χ4v) is 3.02. The molecule has 2 aromatic carbocycles. The molecule has 0 unspecified atom stereocenters. The average Bonchev–Trinajstić information content (AvgIpc) is 3.07. The summed E-state index contributed by atoms with van der Waals surface area (Å²) in [4.78, 5) is 4.50. The monoisotopic (exact) mass is 412 g/mol. The summed E-state index contributed by atoms with van der Waals surface area (Å²) in [7, 11) is 0. The maximum absolute atomic E-state index is 9.41. The number of rotatable bonds is 4. The van der Waals surface area contributed by atoms with E-state index in [-0.39, 0.29) is 18.5 Å². The van der Waals surface area contributed by atoms with Crippen LogP contribution in [-0.4, -0.2) is 29.4 Å². The average molecular weight is 413 g/mol. The molecule has 0 spiro atoms. The van der Waals surface area contributed by atoms with Gasteiger partial charge >= 0.3 is 0 Å². The van der Waals surface area contributed by atoms with Crippen molar-refractivity contribution in [2.75, 3.05) is 13.2 Å². The van der Waals surface area contributed by atoms with Crippen molar-refractivity contribution in [1.82, 2.24) is 15.5 Å². The highest BCUT2D eigenvalue weighted by atomic mass is 35.5. The number of hydrogen-bond donors (Lipinski definition) is 1. The molecule has 0 bridgehead atoms. The fourth-order valence-electron chi connectivity index (χ4n) is 3.02. The third kappa shape index (κ3) is 4.50. The molecule has 0 saturated carbocycles. The first-order valence-corrected chi connectivity index (χ1v) is 9.16. The Bertz CT molecular complexity index is 1040. The van der Waals surface area contributed by atoms with E-state index in [1.807, 2.05) is 38.1 Å². The summed E-state index contributed by atoms with van der Waals surface area (Å²) >= 11 is 0. The van der Waals surface area contributed by atoms with Gasteiger partial charge in [0.2, 0.25) is 5.82 Å². The molecule has 1 aliphatic rings. The summed E-state index contributed by atoms with van der Waals surface area (Å²) in [6.07, 6.45) is -0.0142. The maximum Gasteiger partial charge on any atom is 0.258 e. The quantitative estimate of drug-likeness (QED) is 0.692. The van der Waals surface area contributed by atoms with Crippen LogP contribution in [0.25, 0.3) is 22.8 Å². The zero-order valence-corrected chi connectivity index (χ0v) is 17.0. The Morgan fingerprint density at radius 2 is 2.00 bits per heavy atom. The van der Waals surface area contributed by atoms with Crippen LogP contribution in [0.1, 0.15) is 25.0 Å². The fraction of sp³-hybridized carbons (Fsp3) is 0.286. The molecule has 0 saturated heterocycles. The topological polar surface area (TPSA) is 93.2 Å². The van der Waals surface area contributed by atoms with Crippen molar-refractivity contribution in [2.24, 2.45) is 0 Å². The van der Waals surface area contributed by atoms with Crippen LogP contribution in [0.2, 0.25) is 0 Å². The minimum atomic E-state index is -0.0142. The van der Waals surface area contributed by atoms with Crippen molar-refractivity contribution >= 4 is 12.4 Å². The van der Waals surface area contributed by atoms with Gasteiger partial charge in [-0.3, -0.25) is 0 Å². The number of halogens is 1. The molecule has 8 heteroatoms. The van der Waals surface area contributed by atoms with Crippen molar-refractivity contribution in [2.45, 2.75) is 26.5 Å². The second-order valence-electron chi connectivity index (χ2n) is 6.76. The third-order valence-corrected chi connectivity index (χ3v) is 4.31. The lowest BCUT2D eigenvalue weighted by molar-refractivity contribution is 0.241. The van der Waals surface area contributed by atoms with E-state index in [2.05, 4.69) is 21.5 Å². The summed E-state index contributed by atoms with van der Waals surface area (Å²) in [6, 6.07) is 13.3. The van der Waals surface area contributed by atoms with Gasteiger partial charge in [0.25, 0.3) is 5.89 Å². The van der Waals surface area contributed by atoms with Gasteiger partial charge < -0.3 is 19.3 Å². The van der Waals surface area contributed by atoms with Crippen molar-refractivity contribution in [1.29, 1.82) is 5.26 Å². The lowest BCUT2D eigenvalue weighted by Gasteiger charge is -2.11. The smallest absolute Gasteiger partial charge is 0.258 e. The van der Waals surface area contributed by atoms with Gasteiger partial charge in [-0.2, -0.15) is 10.2 Å². The Hall–Kier alpha value is -3.08. The van der Waals surface area contributed by atoms with Gasteiger partial charge in [0, 0.05) is 29.8 Å². The highest BCUT2D eigenvalue weighted by Crippen LogP contribution is 2.30. The molecule has 0 fully saturated rings. The zero-order chi connectivity index (χ0) is 19.5. The first-order valence-electron chi connectivity index (χ1n) is 9.16. The Labute approximate surface area is 175 Å². The molecule has 1 aliphatic heterocycles. The van der Waals surface area contributed by atoms with Crippen LogP contribution in [-0.2, 0) is 6.54 Å². The Morgan fingerprint density at radius 3 is 2.79 bits per heavy atom. The standard InChI is InChI=1S/C21H20N4O3.ClH/c1-13(2)27-19-6-4-15(10-16(19)11-22)21-24-20(25-28-21)14-3-5-18-17(9-14)12-23-7-8-26-18;/h3-6,9-10,13,23H,7-8,12H2,1-2H3;1H. The molecule has 1 N–H and O–H groups in total.